The lowest BCUT2D eigenvalue weighted by atomic mass is 9.87. The number of hydrogen-bond acceptors (Lipinski definition) is 18. The number of benzene rings is 6. The number of fused-ring (bicyclic) bond motifs is 6. The molecule has 5 fully saturated rings. The van der Waals surface area contributed by atoms with Crippen molar-refractivity contribution >= 4 is 102 Å². The number of ether oxygens (including phenoxy) is 5. The molecule has 130 heavy (non-hydrogen) atoms. The molecule has 23 rings (SSSR count). The predicted octanol–water partition coefficient (Wildman–Crippen LogP) is 22.7. The molecule has 662 valence electrons. The van der Waals surface area contributed by atoms with E-state index in [0.29, 0.717) is 35.7 Å². The summed E-state index contributed by atoms with van der Waals surface area (Å²) in [4.78, 5) is 51.9. The molecule has 0 radical (unpaired) electrons. The Kier molecular flexibility index (Phi) is 28.6. The number of methoxy groups -OCH3 is 1. The second kappa shape index (κ2) is 41.9. The van der Waals surface area contributed by atoms with Crippen molar-refractivity contribution in [1.82, 2.24) is 86.6 Å². The Balaban J connectivity index is 0.000000105. The molecule has 4 aliphatic heterocycles. The van der Waals surface area contributed by atoms with E-state index >= 15 is 0 Å². The van der Waals surface area contributed by atoms with Crippen LogP contribution in [0.1, 0.15) is 123 Å². The highest BCUT2D eigenvalue weighted by molar-refractivity contribution is 6.32. The summed E-state index contributed by atoms with van der Waals surface area (Å²) in [6, 6.07) is 51.2. The van der Waals surface area contributed by atoms with Gasteiger partial charge in [0.15, 0.2) is 0 Å². The van der Waals surface area contributed by atoms with Gasteiger partial charge in [-0.2, -0.15) is 5.10 Å². The molecule has 1 saturated carbocycles. The third kappa shape index (κ3) is 20.3. The van der Waals surface area contributed by atoms with Crippen molar-refractivity contribution in [3.05, 3.63) is 317 Å². The molecule has 0 bridgehead atoms. The highest BCUT2D eigenvalue weighted by atomic mass is 35.5. The van der Waals surface area contributed by atoms with Gasteiger partial charge in [0.25, 0.3) is 0 Å². The van der Waals surface area contributed by atoms with Crippen LogP contribution in [0.2, 0.25) is 25.1 Å². The molecule has 18 aromatic rings. The SMILES string of the molecule is CN(C)c1nc(-c2ccc(Cl)cc2)c2cnccn12.COC1CCC(c2nc(-c3ccc(Cl)cc3)c3cnccn23)CC1.Clc1ccc(-c2nc(C3CCOC3)n3ccncc23)cc1.Clc1ccc(-c2nc(C3CCOCC3)n3ccncc23)cc1.Clc1ccc(-c2nc(CC3CCOCC3)n3ccncc23)cc1.c1ccc(-n2nc(C3CCOCC3)c3ccncc32)cc1. The topological polar surface area (TPSA) is 231 Å². The van der Waals surface area contributed by atoms with Crippen LogP contribution in [0.3, 0.4) is 0 Å². The van der Waals surface area contributed by atoms with Gasteiger partial charge in [0.05, 0.1) is 123 Å². The third-order valence-corrected chi connectivity index (χ3v) is 25.8. The molecule has 24 nitrogen and oxygen atoms in total. The third-order valence-electron chi connectivity index (χ3n) is 24.5. The van der Waals surface area contributed by atoms with E-state index in [1.54, 1.807) is 19.5 Å². The van der Waals surface area contributed by atoms with Gasteiger partial charge in [0.2, 0.25) is 5.95 Å². The Labute approximate surface area is 778 Å². The highest BCUT2D eigenvalue weighted by Gasteiger charge is 2.31. The van der Waals surface area contributed by atoms with Crippen LogP contribution in [0.4, 0.5) is 5.95 Å². The van der Waals surface area contributed by atoms with Crippen LogP contribution < -0.4 is 4.90 Å². The number of nitrogens with zero attached hydrogens (tertiary/aromatic N) is 19. The maximum absolute atomic E-state index is 6.02. The molecule has 0 N–H and O–H groups in total. The van der Waals surface area contributed by atoms with Gasteiger partial charge in [-0.1, -0.05) is 137 Å². The lowest BCUT2D eigenvalue weighted by molar-refractivity contribution is 0.0650. The van der Waals surface area contributed by atoms with Gasteiger partial charge in [0, 0.05) is 224 Å². The van der Waals surface area contributed by atoms with Gasteiger partial charge in [-0.05, 0) is 155 Å². The number of para-hydroxylation sites is 1. The van der Waals surface area contributed by atoms with E-state index in [9.17, 15) is 0 Å². The maximum Gasteiger partial charge on any atom is 0.210 e. The van der Waals surface area contributed by atoms with Crippen molar-refractivity contribution in [1.29, 1.82) is 0 Å². The molecule has 4 saturated heterocycles. The van der Waals surface area contributed by atoms with Crippen molar-refractivity contribution in [3.63, 3.8) is 0 Å². The summed E-state index contributed by atoms with van der Waals surface area (Å²) in [7, 11) is 5.75. The Morgan fingerprint density at radius 1 is 0.346 bits per heavy atom. The molecule has 1 aliphatic carbocycles. The van der Waals surface area contributed by atoms with Crippen LogP contribution in [0.25, 0.3) is 100 Å². The number of rotatable bonds is 14. The van der Waals surface area contributed by atoms with Crippen LogP contribution in [-0.4, -0.2) is 167 Å². The number of halogens is 5. The Morgan fingerprint density at radius 2 is 0.700 bits per heavy atom. The first-order valence-electron chi connectivity index (χ1n) is 44.1. The van der Waals surface area contributed by atoms with Crippen molar-refractivity contribution in [2.24, 2.45) is 5.92 Å². The van der Waals surface area contributed by atoms with E-state index in [1.165, 1.54) is 11.1 Å². The average molecular weight is 1840 g/mol. The Morgan fingerprint density at radius 3 is 1.13 bits per heavy atom. The number of pyridine rings is 1. The predicted molar refractivity (Wildman–Crippen MR) is 513 cm³/mol. The van der Waals surface area contributed by atoms with Gasteiger partial charge in [-0.25, -0.2) is 29.6 Å². The fourth-order valence-electron chi connectivity index (χ4n) is 17.7. The minimum Gasteiger partial charge on any atom is -0.381 e. The van der Waals surface area contributed by atoms with Crippen LogP contribution in [0.15, 0.2) is 263 Å². The van der Waals surface area contributed by atoms with E-state index in [2.05, 4.69) is 65.7 Å². The van der Waals surface area contributed by atoms with Crippen molar-refractivity contribution in [3.8, 4) is 62.0 Å². The second-order valence-corrected chi connectivity index (χ2v) is 35.2. The van der Waals surface area contributed by atoms with Gasteiger partial charge in [0.1, 0.15) is 23.3 Å². The first-order valence-corrected chi connectivity index (χ1v) is 46.0. The average Bonchev–Trinajstić information content (AvgIpc) is 1.65. The summed E-state index contributed by atoms with van der Waals surface area (Å²) in [5.41, 5.74) is 18.5. The standard InChI is InChI=1S/C19H20ClN3O.C18H18ClN3O.C17H16ClN3O.C17H17N3O.C16H14ClN3O.C14H13ClN4/c1-24-16-8-4-14(5-9-16)19-22-18(13-2-6-15(20)7-3-13)17-12-21-10-11-23(17)19;19-15-3-1-14(2-4-15)18-16-12-20-7-8-22(16)17(21-18)11-13-5-9-23-10-6-13;18-14-3-1-12(2-4-14)16-15-11-19-7-8-21(15)17(20-16)13-5-9-22-10-6-13;1-2-4-14(5-3-1)20-16-12-18-9-6-15(16)17(19-20)13-7-10-21-11-8-13;17-13-3-1-11(2-4-13)15-14-9-18-6-7-20(14)16(19-15)12-5-8-21-10-12;1-18(2)14-17-13(10-3-5-11(15)6-4-10)12-9-16-7-8-19(12)14/h2-3,6-7,10-12,14,16H,4-5,8-9H2,1H3;1-4,7-8,12-13H,5-6,9-11H2;1-4,7-8,11,13H,5-6,9-10H2;1-6,9,12-13H,7-8,10-11H2;1-4,6-7,9,12H,5,8,10H2;3-9H,1-2H3. The summed E-state index contributed by atoms with van der Waals surface area (Å²) in [6.45, 7) is 6.54. The van der Waals surface area contributed by atoms with Crippen LogP contribution in [0, 0.1) is 5.92 Å². The molecule has 1 atom stereocenters. The lowest BCUT2D eigenvalue weighted by Gasteiger charge is -2.26. The molecule has 1 unspecified atom stereocenters. The lowest BCUT2D eigenvalue weighted by Crippen LogP contribution is -2.20. The molecule has 12 aromatic heterocycles. The minimum absolute atomic E-state index is 0.348. The molecular weight excluding hydrogens is 1740 g/mol. The first kappa shape index (κ1) is 88.7. The van der Waals surface area contributed by atoms with Gasteiger partial charge in [-0.3, -0.25) is 47.5 Å². The highest BCUT2D eigenvalue weighted by Crippen LogP contribution is 2.40. The van der Waals surface area contributed by atoms with Crippen molar-refractivity contribution in [2.45, 2.75) is 107 Å². The van der Waals surface area contributed by atoms with Crippen LogP contribution in [-0.2, 0) is 30.1 Å². The fourth-order valence-corrected chi connectivity index (χ4v) is 18.3. The summed E-state index contributed by atoms with van der Waals surface area (Å²) >= 11 is 29.9. The molecule has 0 spiro atoms. The molecule has 0 amide bonds. The number of anilines is 1. The first-order chi connectivity index (χ1) is 63.8. The smallest absolute Gasteiger partial charge is 0.210 e. The van der Waals surface area contributed by atoms with E-state index in [-0.39, 0.29) is 0 Å². The molecule has 5 aliphatic rings. The van der Waals surface area contributed by atoms with Gasteiger partial charge < -0.3 is 33.0 Å². The second-order valence-electron chi connectivity index (χ2n) is 33.0. The monoisotopic (exact) mass is 1830 g/mol. The van der Waals surface area contributed by atoms with Crippen LogP contribution >= 0.6 is 58.0 Å². The van der Waals surface area contributed by atoms with Crippen molar-refractivity contribution < 1.29 is 23.7 Å². The molecule has 16 heterocycles. The van der Waals surface area contributed by atoms with E-state index in [1.807, 2.05) is 261 Å². The fraction of sp³-hybridized carbons (Fsp3) is 0.287. The van der Waals surface area contributed by atoms with Gasteiger partial charge in [-0.15, -0.1) is 0 Å². The normalized spacial score (nSPS) is 16.7. The van der Waals surface area contributed by atoms with E-state index in [4.69, 9.17) is 112 Å². The number of aromatic nitrogens is 18. The largest absolute Gasteiger partial charge is 0.381 e. The zero-order valence-corrected chi connectivity index (χ0v) is 76.1. The minimum atomic E-state index is 0.348. The number of imidazole rings is 5. The van der Waals surface area contributed by atoms with Gasteiger partial charge >= 0.3 is 0 Å². The summed E-state index contributed by atoms with van der Waals surface area (Å²) in [5.74, 6) is 7.63. The maximum atomic E-state index is 6.02. The summed E-state index contributed by atoms with van der Waals surface area (Å²) < 4.78 is 40.1. The molecular formula is C101H98Cl5N19O5. The number of hydrogen-bond donors (Lipinski definition) is 0. The summed E-state index contributed by atoms with van der Waals surface area (Å²) in [6.07, 6.45) is 45.1. The summed E-state index contributed by atoms with van der Waals surface area (Å²) in [5, 5.41) is 9.76. The molecule has 6 aromatic carbocycles. The zero-order chi connectivity index (χ0) is 88.8. The molecule has 29 heteroatoms. The quantitative estimate of drug-likeness (QED) is 0.0985. The van der Waals surface area contributed by atoms with E-state index in [0.717, 1.165) is 279 Å². The zero-order valence-electron chi connectivity index (χ0n) is 72.4. The van der Waals surface area contributed by atoms with Crippen molar-refractivity contribution in [2.75, 3.05) is 79.0 Å². The van der Waals surface area contributed by atoms with Crippen LogP contribution in [0.5, 0.6) is 0 Å². The van der Waals surface area contributed by atoms with E-state index < -0.39 is 0 Å². The Hall–Kier alpha value is -11.9. The Bertz CT molecular complexity index is 6780.